The van der Waals surface area contributed by atoms with Crippen molar-refractivity contribution >= 4 is 11.7 Å². The molecule has 0 aliphatic carbocycles. The van der Waals surface area contributed by atoms with Gasteiger partial charge in [-0.25, -0.2) is 9.78 Å². The minimum atomic E-state index is -0.951. The largest absolute Gasteiger partial charge is 0.476 e. The van der Waals surface area contributed by atoms with E-state index in [2.05, 4.69) is 9.88 Å². The van der Waals surface area contributed by atoms with E-state index in [9.17, 15) is 4.79 Å². The molecule has 1 saturated heterocycles. The summed E-state index contributed by atoms with van der Waals surface area (Å²) >= 11 is 0. The Hall–Kier alpha value is -1.58. The zero-order valence-corrected chi connectivity index (χ0v) is 7.81. The van der Waals surface area contributed by atoms with Gasteiger partial charge in [0.1, 0.15) is 0 Å². The molecule has 1 aromatic rings. The molecule has 1 fully saturated rings. The Kier molecular flexibility index (Phi) is 2.35. The first kappa shape index (κ1) is 8.99. The summed E-state index contributed by atoms with van der Waals surface area (Å²) in [7, 11) is 0. The lowest BCUT2D eigenvalue weighted by Gasteiger charge is -2.18. The molecule has 74 valence electrons. The average Bonchev–Trinajstić information content (AvgIpc) is 2.70. The summed E-state index contributed by atoms with van der Waals surface area (Å²) < 4.78 is 0. The van der Waals surface area contributed by atoms with Crippen molar-refractivity contribution in [3.05, 3.63) is 24.0 Å². The molecule has 14 heavy (non-hydrogen) atoms. The highest BCUT2D eigenvalue weighted by Crippen LogP contribution is 2.22. The smallest absolute Gasteiger partial charge is 0.356 e. The molecule has 1 aromatic heterocycles. The lowest BCUT2D eigenvalue weighted by atomic mass is 10.2. The van der Waals surface area contributed by atoms with E-state index in [-0.39, 0.29) is 5.69 Å². The number of aromatic nitrogens is 1. The third-order valence-corrected chi connectivity index (χ3v) is 2.44. The zero-order chi connectivity index (χ0) is 9.97. The Labute approximate surface area is 82.2 Å². The van der Waals surface area contributed by atoms with E-state index < -0.39 is 5.97 Å². The van der Waals surface area contributed by atoms with Crippen molar-refractivity contribution in [1.82, 2.24) is 4.98 Å². The Morgan fingerprint density at radius 1 is 1.43 bits per heavy atom. The molecule has 0 spiro atoms. The summed E-state index contributed by atoms with van der Waals surface area (Å²) in [5.74, 6) is -0.951. The van der Waals surface area contributed by atoms with E-state index in [1.165, 1.54) is 6.20 Å². The number of rotatable bonds is 2. The van der Waals surface area contributed by atoms with Crippen molar-refractivity contribution in [2.75, 3.05) is 18.0 Å². The van der Waals surface area contributed by atoms with Gasteiger partial charge < -0.3 is 10.0 Å². The summed E-state index contributed by atoms with van der Waals surface area (Å²) in [5.41, 5.74) is 0.909. The molecular weight excluding hydrogens is 180 g/mol. The predicted molar refractivity (Wildman–Crippen MR) is 52.6 cm³/mol. The maximum absolute atomic E-state index is 10.9. The number of carbonyl (C=O) groups is 1. The summed E-state index contributed by atoms with van der Waals surface area (Å²) in [6.45, 7) is 1.87. The second-order valence-electron chi connectivity index (χ2n) is 3.37. The molecule has 0 atom stereocenters. The number of nitrogens with zero attached hydrogens (tertiary/aromatic N) is 2. The number of anilines is 1. The van der Waals surface area contributed by atoms with Gasteiger partial charge in [0.15, 0.2) is 5.69 Å². The molecule has 0 aromatic carbocycles. The first-order valence-electron chi connectivity index (χ1n) is 4.72. The molecule has 0 unspecified atom stereocenters. The highest BCUT2D eigenvalue weighted by Gasteiger charge is 2.19. The number of hydrogen-bond donors (Lipinski definition) is 1. The molecule has 0 saturated carbocycles. The second kappa shape index (κ2) is 3.65. The fraction of sp³-hybridized carbons (Fsp3) is 0.400. The van der Waals surface area contributed by atoms with Crippen molar-refractivity contribution < 1.29 is 9.90 Å². The lowest BCUT2D eigenvalue weighted by molar-refractivity contribution is 0.0691. The lowest BCUT2D eigenvalue weighted by Crippen LogP contribution is -2.21. The van der Waals surface area contributed by atoms with Gasteiger partial charge in [-0.15, -0.1) is 0 Å². The highest BCUT2D eigenvalue weighted by molar-refractivity contribution is 5.92. The van der Waals surface area contributed by atoms with Crippen molar-refractivity contribution in [2.24, 2.45) is 0 Å². The molecule has 0 radical (unpaired) electrons. The van der Waals surface area contributed by atoms with Crippen molar-refractivity contribution in [3.63, 3.8) is 0 Å². The third-order valence-electron chi connectivity index (χ3n) is 2.44. The van der Waals surface area contributed by atoms with Crippen LogP contribution in [0.25, 0.3) is 0 Å². The SMILES string of the molecule is O=C(O)c1ncccc1N1CCCC1. The first-order valence-corrected chi connectivity index (χ1v) is 4.72. The van der Waals surface area contributed by atoms with Gasteiger partial charge in [-0.1, -0.05) is 0 Å². The van der Waals surface area contributed by atoms with Gasteiger partial charge in [0.2, 0.25) is 0 Å². The minimum Gasteiger partial charge on any atom is -0.476 e. The van der Waals surface area contributed by atoms with Gasteiger partial charge in [-0.2, -0.15) is 0 Å². The van der Waals surface area contributed by atoms with E-state index >= 15 is 0 Å². The fourth-order valence-electron chi connectivity index (χ4n) is 1.77. The predicted octanol–water partition coefficient (Wildman–Crippen LogP) is 1.38. The van der Waals surface area contributed by atoms with Crippen LogP contribution >= 0.6 is 0 Å². The maximum atomic E-state index is 10.9. The number of hydrogen-bond acceptors (Lipinski definition) is 3. The van der Waals surface area contributed by atoms with Crippen LogP contribution in [0.5, 0.6) is 0 Å². The molecule has 0 amide bonds. The quantitative estimate of drug-likeness (QED) is 0.769. The van der Waals surface area contributed by atoms with Crippen LogP contribution in [0.1, 0.15) is 23.3 Å². The molecule has 4 nitrogen and oxygen atoms in total. The van der Waals surface area contributed by atoms with Crippen LogP contribution in [0, 0.1) is 0 Å². The summed E-state index contributed by atoms with van der Waals surface area (Å²) in [6.07, 6.45) is 3.78. The van der Waals surface area contributed by atoms with Crippen LogP contribution in [0.15, 0.2) is 18.3 Å². The first-order chi connectivity index (χ1) is 6.79. The molecule has 1 aliphatic heterocycles. The van der Waals surface area contributed by atoms with Crippen molar-refractivity contribution in [1.29, 1.82) is 0 Å². The van der Waals surface area contributed by atoms with Gasteiger partial charge >= 0.3 is 5.97 Å². The van der Waals surface area contributed by atoms with Gasteiger partial charge in [0.05, 0.1) is 5.69 Å². The summed E-state index contributed by atoms with van der Waals surface area (Å²) in [6, 6.07) is 3.60. The van der Waals surface area contributed by atoms with Gasteiger partial charge in [0, 0.05) is 19.3 Å². The fourth-order valence-corrected chi connectivity index (χ4v) is 1.77. The van der Waals surface area contributed by atoms with E-state index in [0.29, 0.717) is 0 Å². The van der Waals surface area contributed by atoms with E-state index in [0.717, 1.165) is 31.6 Å². The van der Waals surface area contributed by atoms with Crippen LogP contribution < -0.4 is 4.90 Å². The molecule has 2 heterocycles. The third kappa shape index (κ3) is 1.55. The second-order valence-corrected chi connectivity index (χ2v) is 3.37. The molecule has 4 heteroatoms. The van der Waals surface area contributed by atoms with E-state index in [1.54, 1.807) is 6.07 Å². The molecule has 0 bridgehead atoms. The van der Waals surface area contributed by atoms with Gasteiger partial charge in [-0.05, 0) is 25.0 Å². The number of carboxylic acid groups (broad SMARTS) is 1. The average molecular weight is 192 g/mol. The topological polar surface area (TPSA) is 53.4 Å². The Morgan fingerprint density at radius 3 is 2.79 bits per heavy atom. The van der Waals surface area contributed by atoms with Crippen molar-refractivity contribution in [2.45, 2.75) is 12.8 Å². The summed E-state index contributed by atoms with van der Waals surface area (Å²) in [5, 5.41) is 8.94. The number of aromatic carboxylic acids is 1. The number of pyridine rings is 1. The minimum absolute atomic E-state index is 0.161. The maximum Gasteiger partial charge on any atom is 0.356 e. The molecule has 2 rings (SSSR count). The Bertz CT molecular complexity index is 346. The van der Waals surface area contributed by atoms with Crippen LogP contribution in [0.2, 0.25) is 0 Å². The van der Waals surface area contributed by atoms with Crippen LogP contribution in [-0.4, -0.2) is 29.1 Å². The van der Waals surface area contributed by atoms with E-state index in [1.807, 2.05) is 6.07 Å². The van der Waals surface area contributed by atoms with Crippen LogP contribution in [-0.2, 0) is 0 Å². The van der Waals surface area contributed by atoms with Gasteiger partial charge in [-0.3, -0.25) is 0 Å². The molecular formula is C10H12N2O2. The Morgan fingerprint density at radius 2 is 2.14 bits per heavy atom. The normalized spacial score (nSPS) is 15.9. The zero-order valence-electron chi connectivity index (χ0n) is 7.81. The molecule has 1 N–H and O–H groups in total. The van der Waals surface area contributed by atoms with Gasteiger partial charge in [0.25, 0.3) is 0 Å². The number of carboxylic acids is 1. The molecule has 1 aliphatic rings. The van der Waals surface area contributed by atoms with E-state index in [4.69, 9.17) is 5.11 Å². The Balaban J connectivity index is 2.35. The van der Waals surface area contributed by atoms with Crippen molar-refractivity contribution in [3.8, 4) is 0 Å². The van der Waals surface area contributed by atoms with Crippen LogP contribution in [0.3, 0.4) is 0 Å². The summed E-state index contributed by atoms with van der Waals surface area (Å²) in [4.78, 5) is 16.9. The van der Waals surface area contributed by atoms with Crippen LogP contribution in [0.4, 0.5) is 5.69 Å². The highest BCUT2D eigenvalue weighted by atomic mass is 16.4. The monoisotopic (exact) mass is 192 g/mol. The standard InChI is InChI=1S/C10H12N2O2/c13-10(14)9-8(4-3-5-11-9)12-6-1-2-7-12/h3-5H,1-2,6-7H2,(H,13,14).